The van der Waals surface area contributed by atoms with Crippen LogP contribution in [0.3, 0.4) is 0 Å². The molecule has 7 aromatic rings. The summed E-state index contributed by atoms with van der Waals surface area (Å²) >= 11 is 3.17. The number of thiazole rings is 1. The highest BCUT2D eigenvalue weighted by Gasteiger charge is 2.42. The predicted molar refractivity (Wildman–Crippen MR) is 258 cm³/mol. The minimum absolute atomic E-state index is 0.0584. The van der Waals surface area contributed by atoms with Gasteiger partial charge in [-0.2, -0.15) is 0 Å². The Hall–Kier alpha value is -7.14. The number of nitrogens with zero attached hydrogens (tertiary/aromatic N) is 6. The summed E-state index contributed by atoms with van der Waals surface area (Å²) < 4.78 is 1.93. The fourth-order valence-electron chi connectivity index (χ4n) is 8.84. The molecule has 5 atom stereocenters. The lowest BCUT2D eigenvalue weighted by molar-refractivity contribution is -0.140. The Kier molecular flexibility index (Phi) is 12.5. The van der Waals surface area contributed by atoms with Gasteiger partial charge in [0.1, 0.15) is 29.0 Å². The second-order valence-electron chi connectivity index (χ2n) is 17.0. The Morgan fingerprint density at radius 1 is 0.806 bits per heavy atom. The number of aliphatic carboxylic acids is 1. The van der Waals surface area contributed by atoms with E-state index in [0.29, 0.717) is 28.5 Å². The van der Waals surface area contributed by atoms with Crippen LogP contribution in [0.5, 0.6) is 0 Å². The minimum atomic E-state index is -1.14. The summed E-state index contributed by atoms with van der Waals surface area (Å²) in [7, 11) is 0. The van der Waals surface area contributed by atoms with Gasteiger partial charge in [-0.25, -0.2) is 4.98 Å². The lowest BCUT2D eigenvalue weighted by Gasteiger charge is -2.29. The number of carbonyl (C=O) groups excluding carboxylic acids is 3. The minimum Gasteiger partial charge on any atom is -0.481 e. The molecule has 2 aliphatic rings. The number of thiophene rings is 1. The number of aryl methyl sites for hydroxylation is 3. The van der Waals surface area contributed by atoms with Gasteiger partial charge >= 0.3 is 5.97 Å². The first-order valence-corrected chi connectivity index (χ1v) is 23.6. The summed E-state index contributed by atoms with van der Waals surface area (Å²) in [6.45, 7) is 9.73. The van der Waals surface area contributed by atoms with E-state index >= 15 is 0 Å². The lowest BCUT2D eigenvalue weighted by atomic mass is 9.96. The number of amides is 3. The number of carbonyl (C=O) groups is 4. The molecule has 1 fully saturated rings. The fraction of sp³-hybridized carbons (Fsp3) is 0.255. The van der Waals surface area contributed by atoms with Crippen LogP contribution in [0.4, 0.5) is 0 Å². The highest BCUT2D eigenvalue weighted by molar-refractivity contribution is 7.15. The largest absolute Gasteiger partial charge is 0.481 e. The molecule has 0 unspecified atom stereocenters. The number of fused-ring (bicyclic) bond motifs is 3. The van der Waals surface area contributed by atoms with Gasteiger partial charge in [0.15, 0.2) is 5.82 Å². The second kappa shape index (κ2) is 18.6. The van der Waals surface area contributed by atoms with Crippen molar-refractivity contribution in [3.63, 3.8) is 0 Å². The Balaban J connectivity index is 0.912. The van der Waals surface area contributed by atoms with E-state index < -0.39 is 47.9 Å². The Bertz CT molecular complexity index is 3030. The zero-order valence-corrected chi connectivity index (χ0v) is 39.1. The summed E-state index contributed by atoms with van der Waals surface area (Å²) in [4.78, 5) is 67.3. The first-order chi connectivity index (χ1) is 32.2. The number of aliphatic hydroxyl groups is 1. The van der Waals surface area contributed by atoms with E-state index in [1.807, 2.05) is 105 Å². The number of carboxylic acids is 1. The summed E-state index contributed by atoms with van der Waals surface area (Å²) in [6.07, 6.45) is -1.10. The number of rotatable bonds is 12. The van der Waals surface area contributed by atoms with E-state index in [9.17, 15) is 29.4 Å². The van der Waals surface area contributed by atoms with Crippen molar-refractivity contribution >= 4 is 52.1 Å². The zero-order chi connectivity index (χ0) is 47.1. The van der Waals surface area contributed by atoms with Crippen molar-refractivity contribution in [3.8, 4) is 26.6 Å². The van der Waals surface area contributed by atoms with Crippen LogP contribution in [0.15, 0.2) is 114 Å². The van der Waals surface area contributed by atoms with E-state index in [4.69, 9.17) is 4.99 Å². The summed E-state index contributed by atoms with van der Waals surface area (Å²) in [5.41, 5.74) is 10.7. The standard InChI is InChI=1S/C51H48N8O6S2/c1-27-30(4)67-51-43(27)44(54-40(24-42(61)62)47-57-56-31(5)59(47)51)36-17-13-33(14-18-36)34-15-21-38(22-16-34)48(63)55-45(35-9-7-6-8-10-35)50(65)58-25-39(60)23-41(58)49(64)53-28(2)32-11-19-37(20-12-32)46-29(3)52-26-66-46/h6-22,26,28,39-41,45,60H,23-25H2,1-5H3,(H,53,64)(H,55,63)(H,61,62)/t28-,39+,40-,41-,45-/m0/s1. The molecule has 4 N–H and O–H groups in total. The number of aromatic nitrogens is 4. The average molecular weight is 933 g/mol. The van der Waals surface area contributed by atoms with Crippen LogP contribution < -0.4 is 10.6 Å². The molecule has 1 saturated heterocycles. The van der Waals surface area contributed by atoms with E-state index in [1.54, 1.807) is 59.1 Å². The first kappa shape index (κ1) is 45.0. The average Bonchev–Trinajstić information content (AvgIpc) is 4.10. The molecule has 0 aliphatic carbocycles. The Morgan fingerprint density at radius 3 is 2.12 bits per heavy atom. The van der Waals surface area contributed by atoms with Gasteiger partial charge in [0.05, 0.1) is 40.4 Å². The normalized spacial score (nSPS) is 17.4. The van der Waals surface area contributed by atoms with E-state index in [-0.39, 0.29) is 25.4 Å². The van der Waals surface area contributed by atoms with Crippen LogP contribution in [0.25, 0.3) is 26.6 Å². The molecule has 3 aromatic heterocycles. The number of nitrogens with one attached hydrogen (secondary N) is 2. The number of benzene rings is 4. The fourth-order valence-corrected chi connectivity index (χ4v) is 10.9. The molecule has 0 radical (unpaired) electrons. The lowest BCUT2D eigenvalue weighted by Crippen LogP contribution is -2.50. The molecule has 0 saturated carbocycles. The van der Waals surface area contributed by atoms with Crippen molar-refractivity contribution < 1.29 is 29.4 Å². The monoisotopic (exact) mass is 932 g/mol. The van der Waals surface area contributed by atoms with Gasteiger partial charge in [-0.15, -0.1) is 32.9 Å². The zero-order valence-electron chi connectivity index (χ0n) is 37.4. The molecule has 9 rings (SSSR count). The van der Waals surface area contributed by atoms with Gasteiger partial charge < -0.3 is 25.7 Å². The van der Waals surface area contributed by atoms with Crippen molar-refractivity contribution in [2.45, 2.75) is 77.7 Å². The highest BCUT2D eigenvalue weighted by Crippen LogP contribution is 2.40. The molecule has 67 heavy (non-hydrogen) atoms. The number of likely N-dealkylation sites (tertiary alicyclic amines) is 1. The van der Waals surface area contributed by atoms with Crippen LogP contribution in [-0.4, -0.2) is 83.0 Å². The SMILES string of the molecule is Cc1ncsc1-c1ccc([C@H](C)NC(=O)[C@@H]2C[C@@H](O)CN2C(=O)[C@@H](NC(=O)c2ccc(-c3ccc(C4=N[C@@H](CC(=O)O)c5nnc(C)n5-c5sc(C)c(C)c54)cc3)cc2)c2ccccc2)cc1. The van der Waals surface area contributed by atoms with Crippen LogP contribution >= 0.6 is 22.7 Å². The third kappa shape index (κ3) is 8.94. The molecule has 0 bridgehead atoms. The quantitative estimate of drug-likeness (QED) is 0.0939. The topological polar surface area (TPSA) is 192 Å². The maximum atomic E-state index is 14.5. The number of hydrogen-bond acceptors (Lipinski definition) is 11. The van der Waals surface area contributed by atoms with Crippen LogP contribution in [0.1, 0.15) is 98.3 Å². The predicted octanol–water partition coefficient (Wildman–Crippen LogP) is 8.03. The summed E-state index contributed by atoms with van der Waals surface area (Å²) in [5, 5.41) is 36.2. The van der Waals surface area contributed by atoms with E-state index in [2.05, 4.69) is 32.7 Å². The van der Waals surface area contributed by atoms with Gasteiger partial charge in [0, 0.05) is 34.5 Å². The summed E-state index contributed by atoms with van der Waals surface area (Å²) in [6, 6.07) is 28.5. The van der Waals surface area contributed by atoms with Crippen LogP contribution in [0.2, 0.25) is 0 Å². The second-order valence-corrected chi connectivity index (χ2v) is 19.0. The number of hydrogen-bond donors (Lipinski definition) is 4. The number of aliphatic imine (C=N–C) groups is 1. The number of aliphatic hydroxyl groups excluding tert-OH is 1. The van der Waals surface area contributed by atoms with Gasteiger partial charge in [0.2, 0.25) is 5.91 Å². The molecular formula is C51H48N8O6S2. The van der Waals surface area contributed by atoms with Crippen molar-refractivity contribution in [2.75, 3.05) is 6.54 Å². The van der Waals surface area contributed by atoms with E-state index in [1.165, 1.54) is 4.90 Å². The molecular weight excluding hydrogens is 885 g/mol. The summed E-state index contributed by atoms with van der Waals surface area (Å²) in [5.74, 6) is -1.22. The molecule has 0 spiro atoms. The van der Waals surface area contributed by atoms with E-state index in [0.717, 1.165) is 59.4 Å². The molecule has 16 heteroatoms. The molecule has 14 nitrogen and oxygen atoms in total. The highest BCUT2D eigenvalue weighted by atomic mass is 32.1. The van der Waals surface area contributed by atoms with Crippen LogP contribution in [-0.2, 0) is 14.4 Å². The van der Waals surface area contributed by atoms with Crippen molar-refractivity contribution in [1.29, 1.82) is 0 Å². The number of carboxylic acid groups (broad SMARTS) is 1. The molecule has 4 aromatic carbocycles. The maximum Gasteiger partial charge on any atom is 0.306 e. The molecule has 5 heterocycles. The van der Waals surface area contributed by atoms with Crippen molar-refractivity contribution in [3.05, 3.63) is 164 Å². The Morgan fingerprint density at radius 2 is 1.46 bits per heavy atom. The number of β-amino-alcohol motifs (C(OH)–C–C–N with tert-alkyl or cyclic N) is 1. The van der Waals surface area contributed by atoms with Gasteiger partial charge in [-0.1, -0.05) is 91.0 Å². The third-order valence-corrected chi connectivity index (χ3v) is 14.7. The first-order valence-electron chi connectivity index (χ1n) is 21.9. The molecule has 3 amide bonds. The smallest absolute Gasteiger partial charge is 0.306 e. The third-order valence-electron chi connectivity index (χ3n) is 12.5. The maximum absolute atomic E-state index is 14.5. The van der Waals surface area contributed by atoms with Crippen LogP contribution in [0, 0.1) is 27.7 Å². The van der Waals surface area contributed by atoms with Gasteiger partial charge in [-0.05, 0) is 80.1 Å². The van der Waals surface area contributed by atoms with Crippen molar-refractivity contribution in [1.82, 2.24) is 35.3 Å². The Labute approximate surface area is 395 Å². The molecule has 340 valence electrons. The molecule has 2 aliphatic heterocycles. The van der Waals surface area contributed by atoms with Crippen molar-refractivity contribution in [2.24, 2.45) is 4.99 Å². The van der Waals surface area contributed by atoms with Gasteiger partial charge in [-0.3, -0.25) is 28.7 Å². The van der Waals surface area contributed by atoms with Gasteiger partial charge in [0.25, 0.3) is 11.8 Å².